The Morgan fingerprint density at radius 2 is 1.88 bits per heavy atom. The monoisotopic (exact) mass is 433 g/mol. The molecular weight excluding hydrogens is 410 g/mol. The quantitative estimate of drug-likeness (QED) is 0.478. The van der Waals surface area contributed by atoms with Gasteiger partial charge in [0.15, 0.2) is 5.65 Å². The second-order valence-corrected chi connectivity index (χ2v) is 8.32. The van der Waals surface area contributed by atoms with Crippen molar-refractivity contribution < 1.29 is 19.1 Å². The summed E-state index contributed by atoms with van der Waals surface area (Å²) in [5.41, 5.74) is 2.89. The lowest BCUT2D eigenvalue weighted by atomic mass is 10.0. The van der Waals surface area contributed by atoms with Gasteiger partial charge in [0.1, 0.15) is 0 Å². The smallest absolute Gasteiger partial charge is 0.408 e. The number of carbonyl (C=O) groups is 2. The van der Waals surface area contributed by atoms with Crippen LogP contribution in [-0.2, 0) is 6.54 Å². The van der Waals surface area contributed by atoms with Crippen molar-refractivity contribution in [1.29, 1.82) is 0 Å². The maximum atomic E-state index is 12.7. The van der Waals surface area contributed by atoms with E-state index in [2.05, 4.69) is 15.4 Å². The van der Waals surface area contributed by atoms with Crippen LogP contribution in [0.1, 0.15) is 36.7 Å². The minimum Gasteiger partial charge on any atom is -0.472 e. The minimum atomic E-state index is -0.993. The van der Waals surface area contributed by atoms with Crippen molar-refractivity contribution in [3.8, 4) is 11.3 Å². The van der Waals surface area contributed by atoms with Crippen molar-refractivity contribution in [1.82, 2.24) is 19.5 Å². The largest absolute Gasteiger partial charge is 0.472 e. The highest BCUT2D eigenvalue weighted by atomic mass is 16.4. The molecule has 0 unspecified atom stereocenters. The molecule has 0 bridgehead atoms. The van der Waals surface area contributed by atoms with Gasteiger partial charge in [-0.1, -0.05) is 18.2 Å². The van der Waals surface area contributed by atoms with Crippen LogP contribution >= 0.6 is 0 Å². The Bertz CT molecular complexity index is 1250. The number of benzene rings is 1. The minimum absolute atomic E-state index is 0.180. The molecule has 9 heteroatoms. The molecule has 3 heterocycles. The fourth-order valence-electron chi connectivity index (χ4n) is 3.30. The predicted octanol–water partition coefficient (Wildman–Crippen LogP) is 4.52. The zero-order valence-electron chi connectivity index (χ0n) is 17.9. The molecule has 0 spiro atoms. The number of aromatic nitrogens is 3. The molecule has 0 radical (unpaired) electrons. The Labute approximate surface area is 184 Å². The van der Waals surface area contributed by atoms with Gasteiger partial charge < -0.3 is 9.52 Å². The zero-order chi connectivity index (χ0) is 22.9. The van der Waals surface area contributed by atoms with Crippen LogP contribution in [0, 0.1) is 0 Å². The second kappa shape index (κ2) is 8.18. The van der Waals surface area contributed by atoms with Gasteiger partial charge in [-0.2, -0.15) is 4.98 Å². The van der Waals surface area contributed by atoms with Gasteiger partial charge >= 0.3 is 6.09 Å². The summed E-state index contributed by atoms with van der Waals surface area (Å²) in [5, 5.41) is 16.6. The molecule has 1 aromatic carbocycles. The molecule has 32 heavy (non-hydrogen) atoms. The van der Waals surface area contributed by atoms with E-state index in [1.807, 2.05) is 39.0 Å². The van der Waals surface area contributed by atoms with E-state index in [1.165, 1.54) is 4.90 Å². The number of hydrogen-bond donors (Lipinski definition) is 2. The fourth-order valence-corrected chi connectivity index (χ4v) is 3.30. The molecule has 0 fully saturated rings. The topological polar surface area (TPSA) is 113 Å². The molecule has 164 valence electrons. The summed E-state index contributed by atoms with van der Waals surface area (Å²) in [4.78, 5) is 29.9. The number of furan rings is 1. The van der Waals surface area contributed by atoms with Gasteiger partial charge in [0.25, 0.3) is 5.91 Å². The summed E-state index contributed by atoms with van der Waals surface area (Å²) in [6, 6.07) is 14.1. The van der Waals surface area contributed by atoms with Gasteiger partial charge in [-0.05, 0) is 56.7 Å². The Balaban J connectivity index is 1.50. The number of hydrogen-bond acceptors (Lipinski definition) is 5. The maximum absolute atomic E-state index is 12.7. The number of anilines is 1. The summed E-state index contributed by atoms with van der Waals surface area (Å²) in [6.45, 7) is 5.74. The Kier molecular flexibility index (Phi) is 5.40. The number of amides is 2. The van der Waals surface area contributed by atoms with Crippen LogP contribution in [0.5, 0.6) is 0 Å². The molecule has 0 aliphatic carbocycles. The number of fused-ring (bicyclic) bond motifs is 1. The average molecular weight is 433 g/mol. The summed E-state index contributed by atoms with van der Waals surface area (Å²) in [6.07, 6.45) is 2.20. The summed E-state index contributed by atoms with van der Waals surface area (Å²) in [7, 11) is 0. The van der Waals surface area contributed by atoms with Gasteiger partial charge in [0.2, 0.25) is 5.95 Å². The highest BCUT2D eigenvalue weighted by molar-refractivity contribution is 6.03. The molecule has 0 atom stereocenters. The van der Waals surface area contributed by atoms with Crippen LogP contribution in [0.3, 0.4) is 0 Å². The first-order valence-corrected chi connectivity index (χ1v) is 10.0. The lowest BCUT2D eigenvalue weighted by Crippen LogP contribution is -2.44. The van der Waals surface area contributed by atoms with Gasteiger partial charge in [-0.3, -0.25) is 15.0 Å². The summed E-state index contributed by atoms with van der Waals surface area (Å²) >= 11 is 0. The van der Waals surface area contributed by atoms with Crippen molar-refractivity contribution >= 4 is 23.6 Å². The van der Waals surface area contributed by atoms with E-state index in [-0.39, 0.29) is 18.4 Å². The molecule has 9 nitrogen and oxygen atoms in total. The number of carboxylic acid groups (broad SMARTS) is 1. The van der Waals surface area contributed by atoms with E-state index in [4.69, 9.17) is 4.42 Å². The molecule has 0 saturated carbocycles. The summed E-state index contributed by atoms with van der Waals surface area (Å²) in [5.74, 6) is -0.178. The van der Waals surface area contributed by atoms with Crippen molar-refractivity contribution in [3.63, 3.8) is 0 Å². The zero-order valence-corrected chi connectivity index (χ0v) is 17.9. The van der Waals surface area contributed by atoms with Crippen LogP contribution in [0.25, 0.3) is 16.9 Å². The first kappa shape index (κ1) is 21.1. The maximum Gasteiger partial charge on any atom is 0.408 e. The van der Waals surface area contributed by atoms with E-state index in [9.17, 15) is 14.7 Å². The van der Waals surface area contributed by atoms with Gasteiger partial charge in [-0.25, -0.2) is 9.31 Å². The first-order valence-electron chi connectivity index (χ1n) is 10.0. The van der Waals surface area contributed by atoms with Crippen molar-refractivity contribution in [2.75, 3.05) is 5.32 Å². The first-order chi connectivity index (χ1) is 15.2. The molecule has 2 N–H and O–H groups in total. The van der Waals surface area contributed by atoms with E-state index in [0.29, 0.717) is 11.2 Å². The van der Waals surface area contributed by atoms with Crippen LogP contribution in [0.4, 0.5) is 10.7 Å². The van der Waals surface area contributed by atoms with Gasteiger partial charge in [-0.15, -0.1) is 5.10 Å². The predicted molar refractivity (Wildman–Crippen MR) is 118 cm³/mol. The second-order valence-electron chi connectivity index (χ2n) is 8.32. The van der Waals surface area contributed by atoms with Crippen molar-refractivity contribution in [3.05, 3.63) is 72.2 Å². The Hall–Kier alpha value is -4.14. The SMILES string of the molecule is CC(C)(C)N(Cc1ccc(C(=O)Nc2nc3cccc(-c4ccoc4)n3n2)cc1)C(=O)O. The fraction of sp³-hybridized carbons (Fsp3) is 0.217. The van der Waals surface area contributed by atoms with E-state index < -0.39 is 11.6 Å². The van der Waals surface area contributed by atoms with E-state index >= 15 is 0 Å². The van der Waals surface area contributed by atoms with E-state index in [1.54, 1.807) is 47.4 Å². The number of nitrogens with one attached hydrogen (secondary N) is 1. The Morgan fingerprint density at radius 1 is 1.12 bits per heavy atom. The number of pyridine rings is 1. The van der Waals surface area contributed by atoms with Crippen LogP contribution in [0.2, 0.25) is 0 Å². The van der Waals surface area contributed by atoms with Crippen LogP contribution < -0.4 is 5.32 Å². The lowest BCUT2D eigenvalue weighted by Gasteiger charge is -2.33. The van der Waals surface area contributed by atoms with E-state index in [0.717, 1.165) is 16.8 Å². The number of rotatable bonds is 5. The molecule has 0 aliphatic rings. The normalized spacial score (nSPS) is 11.5. The number of nitrogens with zero attached hydrogens (tertiary/aromatic N) is 4. The standard InChI is InChI=1S/C23H23N5O4/c1-23(2,3)27(22(30)31)13-15-7-9-16(10-8-15)20(29)25-21-24-19-6-4-5-18(28(19)26-21)17-11-12-32-14-17/h4-12,14H,13H2,1-3H3,(H,30,31)(H,25,26,29). The third-order valence-corrected chi connectivity index (χ3v) is 5.00. The van der Waals surface area contributed by atoms with Crippen LogP contribution in [-0.4, -0.2) is 42.1 Å². The molecule has 3 aromatic heterocycles. The van der Waals surface area contributed by atoms with Crippen LogP contribution in [0.15, 0.2) is 65.5 Å². The highest BCUT2D eigenvalue weighted by Crippen LogP contribution is 2.22. The molecule has 4 rings (SSSR count). The highest BCUT2D eigenvalue weighted by Gasteiger charge is 2.26. The van der Waals surface area contributed by atoms with Gasteiger partial charge in [0.05, 0.1) is 18.2 Å². The molecule has 4 aromatic rings. The molecule has 2 amide bonds. The lowest BCUT2D eigenvalue weighted by molar-refractivity contribution is 0.0952. The number of carbonyl (C=O) groups excluding carboxylic acids is 1. The van der Waals surface area contributed by atoms with Crippen molar-refractivity contribution in [2.24, 2.45) is 0 Å². The summed E-state index contributed by atoms with van der Waals surface area (Å²) < 4.78 is 6.78. The Morgan fingerprint density at radius 3 is 2.50 bits per heavy atom. The third-order valence-electron chi connectivity index (χ3n) is 5.00. The van der Waals surface area contributed by atoms with Crippen molar-refractivity contribution in [2.45, 2.75) is 32.9 Å². The third kappa shape index (κ3) is 4.31. The molecule has 0 saturated heterocycles. The average Bonchev–Trinajstić information content (AvgIpc) is 3.40. The molecule has 0 aliphatic heterocycles. The molecular formula is C23H23N5O4. The van der Waals surface area contributed by atoms with Gasteiger partial charge in [0, 0.05) is 23.2 Å².